The van der Waals surface area contributed by atoms with Gasteiger partial charge in [0, 0.05) is 16.2 Å². The van der Waals surface area contributed by atoms with Crippen LogP contribution in [0.15, 0.2) is 23.1 Å². The number of nitrogens with one attached hydrogen (secondary N) is 1. The first kappa shape index (κ1) is 14.6. The molecule has 2 unspecified atom stereocenters. The fourth-order valence-corrected chi connectivity index (χ4v) is 4.05. The number of hydrogen-bond donors (Lipinski definition) is 1. The van der Waals surface area contributed by atoms with Crippen LogP contribution in [0.2, 0.25) is 0 Å². The van der Waals surface area contributed by atoms with Crippen LogP contribution in [0.5, 0.6) is 0 Å². The van der Waals surface area contributed by atoms with E-state index in [-0.39, 0.29) is 0 Å². The highest BCUT2D eigenvalue weighted by Crippen LogP contribution is 2.31. The van der Waals surface area contributed by atoms with Crippen molar-refractivity contribution in [2.24, 2.45) is 0 Å². The summed E-state index contributed by atoms with van der Waals surface area (Å²) < 4.78 is 0. The maximum Gasteiger partial charge on any atom is 0.102 e. The summed E-state index contributed by atoms with van der Waals surface area (Å²) in [5, 5.41) is 13.7. The summed E-state index contributed by atoms with van der Waals surface area (Å²) in [5.74, 6) is 0. The van der Waals surface area contributed by atoms with Crippen LogP contribution in [0.1, 0.15) is 31.2 Å². The van der Waals surface area contributed by atoms with Crippen LogP contribution in [-0.4, -0.2) is 23.8 Å². The molecule has 1 saturated carbocycles. The first-order valence-corrected chi connectivity index (χ1v) is 9.16. The molecule has 1 aliphatic rings. The number of rotatable bonds is 4. The number of thioether (sulfide) groups is 2. The van der Waals surface area contributed by atoms with E-state index in [4.69, 9.17) is 0 Å². The van der Waals surface area contributed by atoms with Crippen LogP contribution in [-0.2, 0) is 0 Å². The average molecular weight is 292 g/mol. The van der Waals surface area contributed by atoms with E-state index in [1.165, 1.54) is 25.7 Å². The predicted octanol–water partition coefficient (Wildman–Crippen LogP) is 4.37. The third-order valence-electron chi connectivity index (χ3n) is 3.68. The van der Waals surface area contributed by atoms with E-state index >= 15 is 0 Å². The Bertz CT molecular complexity index is 468. The molecular weight excluding hydrogens is 272 g/mol. The lowest BCUT2D eigenvalue weighted by molar-refractivity contribution is 0.473. The summed E-state index contributed by atoms with van der Waals surface area (Å²) in [6, 6.07) is 8.93. The van der Waals surface area contributed by atoms with Crippen molar-refractivity contribution in [3.63, 3.8) is 0 Å². The smallest absolute Gasteiger partial charge is 0.102 e. The molecule has 102 valence electrons. The van der Waals surface area contributed by atoms with Crippen molar-refractivity contribution in [2.45, 2.75) is 41.9 Å². The average Bonchev–Trinajstić information content (AvgIpc) is 2.47. The van der Waals surface area contributed by atoms with Gasteiger partial charge in [-0.2, -0.15) is 17.0 Å². The zero-order valence-electron chi connectivity index (χ0n) is 11.5. The van der Waals surface area contributed by atoms with Crippen LogP contribution in [0.3, 0.4) is 0 Å². The van der Waals surface area contributed by atoms with Gasteiger partial charge in [0.1, 0.15) is 6.07 Å². The summed E-state index contributed by atoms with van der Waals surface area (Å²) in [5.41, 5.74) is 1.79. The highest BCUT2D eigenvalue weighted by Gasteiger charge is 2.22. The largest absolute Gasteiger partial charge is 0.381 e. The summed E-state index contributed by atoms with van der Waals surface area (Å²) in [6.45, 7) is 0. The van der Waals surface area contributed by atoms with Gasteiger partial charge in [0.05, 0.1) is 11.3 Å². The van der Waals surface area contributed by atoms with Crippen LogP contribution in [0.25, 0.3) is 0 Å². The second kappa shape index (κ2) is 7.12. The molecule has 1 aromatic rings. The lowest BCUT2D eigenvalue weighted by Gasteiger charge is -2.29. The zero-order valence-corrected chi connectivity index (χ0v) is 13.1. The van der Waals surface area contributed by atoms with Crippen molar-refractivity contribution in [3.05, 3.63) is 23.8 Å². The van der Waals surface area contributed by atoms with Gasteiger partial charge < -0.3 is 5.32 Å². The van der Waals surface area contributed by atoms with Crippen molar-refractivity contribution in [2.75, 3.05) is 17.8 Å². The molecule has 0 aromatic heterocycles. The fourth-order valence-electron chi connectivity index (χ4n) is 2.65. The first-order chi connectivity index (χ1) is 9.28. The van der Waals surface area contributed by atoms with Gasteiger partial charge in [-0.25, -0.2) is 0 Å². The number of nitrogens with zero attached hydrogens (tertiary/aromatic N) is 1. The van der Waals surface area contributed by atoms with Crippen molar-refractivity contribution in [1.82, 2.24) is 0 Å². The van der Waals surface area contributed by atoms with Gasteiger partial charge in [0.2, 0.25) is 0 Å². The molecule has 2 rings (SSSR count). The Kier molecular flexibility index (Phi) is 5.47. The predicted molar refractivity (Wildman–Crippen MR) is 86.1 cm³/mol. The van der Waals surface area contributed by atoms with Gasteiger partial charge in [-0.05, 0) is 43.9 Å². The molecule has 4 heteroatoms. The minimum absolute atomic E-state index is 0.510. The normalized spacial score (nSPS) is 22.8. The molecule has 0 saturated heterocycles. The van der Waals surface area contributed by atoms with Crippen LogP contribution in [0.4, 0.5) is 5.69 Å². The quantitative estimate of drug-likeness (QED) is 0.836. The molecule has 2 nitrogen and oxygen atoms in total. The number of hydrogen-bond acceptors (Lipinski definition) is 4. The van der Waals surface area contributed by atoms with Crippen molar-refractivity contribution >= 4 is 29.2 Å². The standard InChI is InChI=1S/C15H20N2S2/c1-18-12-6-3-5-11(9-12)17-14-7-4-8-15(19-2)13(14)10-16/h4,7-8,11-12,17H,3,5-6,9H2,1-2H3. The van der Waals surface area contributed by atoms with E-state index in [9.17, 15) is 5.26 Å². The van der Waals surface area contributed by atoms with Crippen LogP contribution >= 0.6 is 23.5 Å². The van der Waals surface area contributed by atoms with Gasteiger partial charge in [-0.15, -0.1) is 11.8 Å². The second-order valence-corrected chi connectivity index (χ2v) is 6.85. The van der Waals surface area contributed by atoms with E-state index < -0.39 is 0 Å². The lowest BCUT2D eigenvalue weighted by Crippen LogP contribution is -2.28. The Hall–Kier alpha value is -0.790. The molecule has 19 heavy (non-hydrogen) atoms. The minimum atomic E-state index is 0.510. The molecule has 1 aromatic carbocycles. The molecule has 2 atom stereocenters. The van der Waals surface area contributed by atoms with Gasteiger partial charge in [0.25, 0.3) is 0 Å². The Morgan fingerprint density at radius 1 is 1.32 bits per heavy atom. The molecule has 1 fully saturated rings. The topological polar surface area (TPSA) is 35.8 Å². The molecule has 1 N–H and O–H groups in total. The van der Waals surface area contributed by atoms with Crippen molar-refractivity contribution < 1.29 is 0 Å². The third kappa shape index (κ3) is 3.61. The Morgan fingerprint density at radius 3 is 2.84 bits per heavy atom. The molecular formula is C15H20N2S2. The Balaban J connectivity index is 2.13. The summed E-state index contributed by atoms with van der Waals surface area (Å²) >= 11 is 3.60. The number of benzene rings is 1. The highest BCUT2D eigenvalue weighted by atomic mass is 32.2. The highest BCUT2D eigenvalue weighted by molar-refractivity contribution is 7.99. The fraction of sp³-hybridized carbons (Fsp3) is 0.533. The molecule has 0 aliphatic heterocycles. The molecule has 0 radical (unpaired) electrons. The summed E-state index contributed by atoms with van der Waals surface area (Å²) in [6.07, 6.45) is 9.25. The monoisotopic (exact) mass is 292 g/mol. The van der Waals surface area contributed by atoms with E-state index in [0.29, 0.717) is 6.04 Å². The summed E-state index contributed by atoms with van der Waals surface area (Å²) in [4.78, 5) is 1.06. The third-order valence-corrected chi connectivity index (χ3v) is 5.55. The molecule has 0 heterocycles. The lowest BCUT2D eigenvalue weighted by atomic mass is 9.94. The Labute approximate surface area is 124 Å². The van der Waals surface area contributed by atoms with E-state index in [1.54, 1.807) is 11.8 Å². The first-order valence-electron chi connectivity index (χ1n) is 6.65. The van der Waals surface area contributed by atoms with Crippen LogP contribution in [0, 0.1) is 11.3 Å². The van der Waals surface area contributed by atoms with Crippen molar-refractivity contribution in [3.8, 4) is 6.07 Å². The van der Waals surface area contributed by atoms with Gasteiger partial charge in [0.15, 0.2) is 0 Å². The zero-order chi connectivity index (χ0) is 13.7. The minimum Gasteiger partial charge on any atom is -0.381 e. The van der Waals surface area contributed by atoms with Gasteiger partial charge in [-0.3, -0.25) is 0 Å². The Morgan fingerprint density at radius 2 is 2.16 bits per heavy atom. The summed E-state index contributed by atoms with van der Waals surface area (Å²) in [7, 11) is 0. The maximum atomic E-state index is 9.35. The van der Waals surface area contributed by atoms with E-state index in [1.807, 2.05) is 36.2 Å². The van der Waals surface area contributed by atoms with Crippen molar-refractivity contribution in [1.29, 1.82) is 5.26 Å². The molecule has 0 amide bonds. The van der Waals surface area contributed by atoms with E-state index in [0.717, 1.165) is 21.4 Å². The van der Waals surface area contributed by atoms with Crippen LogP contribution < -0.4 is 5.32 Å². The molecule has 0 bridgehead atoms. The molecule has 0 spiro atoms. The second-order valence-electron chi connectivity index (χ2n) is 4.86. The van der Waals surface area contributed by atoms with Gasteiger partial charge in [-0.1, -0.05) is 12.5 Å². The van der Waals surface area contributed by atoms with Gasteiger partial charge >= 0.3 is 0 Å². The molecule has 1 aliphatic carbocycles. The SMILES string of the molecule is CSc1cccc(NC2CCCC(SC)C2)c1C#N. The van der Waals surface area contributed by atoms with E-state index in [2.05, 4.69) is 17.6 Å². The number of nitriles is 1. The number of anilines is 1. The maximum absolute atomic E-state index is 9.35.